The van der Waals surface area contributed by atoms with E-state index in [0.717, 1.165) is 22.1 Å². The van der Waals surface area contributed by atoms with Gasteiger partial charge < -0.3 is 15.7 Å². The highest BCUT2D eigenvalue weighted by atomic mass is 79.9. The molecule has 0 heterocycles. The molecule has 0 unspecified atom stereocenters. The number of anilines is 1. The van der Waals surface area contributed by atoms with Crippen molar-refractivity contribution in [3.8, 4) is 0 Å². The fraction of sp³-hybridized carbons (Fsp3) is 0.533. The monoisotopic (exact) mass is 342 g/mol. The Kier molecular flexibility index (Phi) is 7.02. The fourth-order valence-electron chi connectivity index (χ4n) is 1.89. The van der Waals surface area contributed by atoms with Crippen molar-refractivity contribution in [3.63, 3.8) is 0 Å². The van der Waals surface area contributed by atoms with Gasteiger partial charge in [0.15, 0.2) is 0 Å². The number of carbonyl (C=O) groups is 1. The molecule has 3 N–H and O–H groups in total. The number of carbonyl (C=O) groups excluding carboxylic acids is 1. The summed E-state index contributed by atoms with van der Waals surface area (Å²) in [5.41, 5.74) is 1.93. The van der Waals surface area contributed by atoms with Crippen LogP contribution < -0.4 is 10.6 Å². The van der Waals surface area contributed by atoms with Gasteiger partial charge in [-0.05, 0) is 49.4 Å². The van der Waals surface area contributed by atoms with E-state index in [4.69, 9.17) is 5.11 Å². The first-order chi connectivity index (χ1) is 9.40. The molecule has 0 saturated carbocycles. The Morgan fingerprint density at radius 1 is 1.35 bits per heavy atom. The van der Waals surface area contributed by atoms with Gasteiger partial charge in [-0.1, -0.05) is 29.8 Å². The van der Waals surface area contributed by atoms with E-state index < -0.39 is 0 Å². The van der Waals surface area contributed by atoms with E-state index in [1.165, 1.54) is 0 Å². The predicted octanol–water partition coefficient (Wildman–Crippen LogP) is 3.86. The van der Waals surface area contributed by atoms with Crippen molar-refractivity contribution in [1.82, 2.24) is 5.32 Å². The van der Waals surface area contributed by atoms with E-state index in [1.54, 1.807) is 6.92 Å². The van der Waals surface area contributed by atoms with Crippen LogP contribution in [0.25, 0.3) is 0 Å². The lowest BCUT2D eigenvalue weighted by molar-refractivity contribution is 0.181. The summed E-state index contributed by atoms with van der Waals surface area (Å²) in [4.78, 5) is 11.8. The third-order valence-electron chi connectivity index (χ3n) is 2.97. The predicted molar refractivity (Wildman–Crippen MR) is 86.2 cm³/mol. The molecule has 1 aromatic carbocycles. The zero-order chi connectivity index (χ0) is 15.1. The third-order valence-corrected chi connectivity index (χ3v) is 3.46. The molecule has 4 nitrogen and oxygen atoms in total. The molecule has 0 aliphatic rings. The third kappa shape index (κ3) is 5.92. The summed E-state index contributed by atoms with van der Waals surface area (Å²) < 4.78 is 1.00. The Bertz CT molecular complexity index is 447. The van der Waals surface area contributed by atoms with Crippen LogP contribution in [-0.2, 0) is 0 Å². The number of benzene rings is 1. The van der Waals surface area contributed by atoms with E-state index in [0.29, 0.717) is 18.9 Å². The number of nitrogens with one attached hydrogen (secondary N) is 2. The van der Waals surface area contributed by atoms with Crippen LogP contribution in [0.1, 0.15) is 45.1 Å². The van der Waals surface area contributed by atoms with Gasteiger partial charge in [-0.25, -0.2) is 4.79 Å². The summed E-state index contributed by atoms with van der Waals surface area (Å²) in [6.07, 6.45) is 1.14. The Balaban J connectivity index is 2.53. The minimum Gasteiger partial charge on any atom is -0.393 e. The average molecular weight is 343 g/mol. The molecule has 20 heavy (non-hydrogen) atoms. The lowest BCUT2D eigenvalue weighted by atomic mass is 10.0. The number of amides is 2. The maximum atomic E-state index is 11.8. The van der Waals surface area contributed by atoms with E-state index >= 15 is 0 Å². The number of aliphatic hydroxyl groups excluding tert-OH is 1. The van der Waals surface area contributed by atoms with Gasteiger partial charge in [-0.3, -0.25) is 0 Å². The molecule has 112 valence electrons. The first-order valence-electron chi connectivity index (χ1n) is 6.92. The molecule has 0 fully saturated rings. The molecule has 0 aliphatic heterocycles. The molecule has 1 rings (SSSR count). The zero-order valence-corrected chi connectivity index (χ0v) is 13.8. The SMILES string of the molecule is CC(C)c1cc(Br)ccc1NC(=O)NCCC[C@H](C)O. The van der Waals surface area contributed by atoms with Crippen molar-refractivity contribution in [3.05, 3.63) is 28.2 Å². The number of urea groups is 1. The van der Waals surface area contributed by atoms with Crippen molar-refractivity contribution in [2.75, 3.05) is 11.9 Å². The van der Waals surface area contributed by atoms with Crippen LogP contribution in [0.2, 0.25) is 0 Å². The molecule has 1 atom stereocenters. The lowest BCUT2D eigenvalue weighted by Crippen LogP contribution is -2.30. The lowest BCUT2D eigenvalue weighted by Gasteiger charge is -2.15. The molecule has 0 aromatic heterocycles. The van der Waals surface area contributed by atoms with E-state index in [9.17, 15) is 4.79 Å². The molecule has 0 saturated heterocycles. The molecule has 0 bridgehead atoms. The normalized spacial score (nSPS) is 12.3. The second-order valence-electron chi connectivity index (χ2n) is 5.26. The summed E-state index contributed by atoms with van der Waals surface area (Å²) in [6, 6.07) is 5.62. The van der Waals surface area contributed by atoms with Crippen LogP contribution in [0.5, 0.6) is 0 Å². The summed E-state index contributed by atoms with van der Waals surface area (Å²) in [5.74, 6) is 0.332. The summed E-state index contributed by atoms with van der Waals surface area (Å²) in [7, 11) is 0. The van der Waals surface area contributed by atoms with Crippen LogP contribution in [0.3, 0.4) is 0 Å². The second-order valence-corrected chi connectivity index (χ2v) is 6.17. The largest absolute Gasteiger partial charge is 0.393 e. The molecule has 0 radical (unpaired) electrons. The molecular weight excluding hydrogens is 320 g/mol. The standard InChI is InChI=1S/C15H23BrN2O2/c1-10(2)13-9-12(16)6-7-14(13)18-15(20)17-8-4-5-11(3)19/h6-7,9-11,19H,4-5,8H2,1-3H3,(H2,17,18,20)/t11-/m0/s1. The highest BCUT2D eigenvalue weighted by Crippen LogP contribution is 2.27. The number of rotatable bonds is 6. The molecule has 1 aromatic rings. The van der Waals surface area contributed by atoms with Gasteiger partial charge in [-0.2, -0.15) is 0 Å². The Hall–Kier alpha value is -1.07. The minimum absolute atomic E-state index is 0.209. The van der Waals surface area contributed by atoms with Crippen LogP contribution >= 0.6 is 15.9 Å². The van der Waals surface area contributed by atoms with Gasteiger partial charge in [0.25, 0.3) is 0 Å². The second kappa shape index (κ2) is 8.27. The summed E-state index contributed by atoms with van der Waals surface area (Å²) in [6.45, 7) is 6.49. The van der Waals surface area contributed by atoms with Crippen molar-refractivity contribution in [2.24, 2.45) is 0 Å². The van der Waals surface area contributed by atoms with Crippen molar-refractivity contribution in [2.45, 2.75) is 45.6 Å². The number of hydrogen-bond donors (Lipinski definition) is 3. The van der Waals surface area contributed by atoms with Gasteiger partial charge in [0.1, 0.15) is 0 Å². The first-order valence-corrected chi connectivity index (χ1v) is 7.71. The van der Waals surface area contributed by atoms with Gasteiger partial charge in [-0.15, -0.1) is 0 Å². The van der Waals surface area contributed by atoms with Gasteiger partial charge in [0, 0.05) is 16.7 Å². The van der Waals surface area contributed by atoms with Crippen LogP contribution in [0.4, 0.5) is 10.5 Å². The van der Waals surface area contributed by atoms with Gasteiger partial charge in [0.2, 0.25) is 0 Å². The van der Waals surface area contributed by atoms with E-state index in [1.807, 2.05) is 18.2 Å². The fourth-order valence-corrected chi connectivity index (χ4v) is 2.27. The zero-order valence-electron chi connectivity index (χ0n) is 12.2. The van der Waals surface area contributed by atoms with E-state index in [-0.39, 0.29) is 12.1 Å². The van der Waals surface area contributed by atoms with Gasteiger partial charge >= 0.3 is 6.03 Å². The van der Waals surface area contributed by atoms with Crippen molar-refractivity contribution < 1.29 is 9.90 Å². The summed E-state index contributed by atoms with van der Waals surface area (Å²) >= 11 is 3.44. The number of aliphatic hydroxyl groups is 1. The Morgan fingerprint density at radius 3 is 2.65 bits per heavy atom. The maximum Gasteiger partial charge on any atom is 0.319 e. The Morgan fingerprint density at radius 2 is 2.05 bits per heavy atom. The van der Waals surface area contributed by atoms with Gasteiger partial charge in [0.05, 0.1) is 6.10 Å². The molecule has 0 spiro atoms. The molecular formula is C15H23BrN2O2. The average Bonchev–Trinajstić information content (AvgIpc) is 2.36. The first kappa shape index (κ1) is 17.0. The van der Waals surface area contributed by atoms with Crippen molar-refractivity contribution in [1.29, 1.82) is 0 Å². The number of hydrogen-bond acceptors (Lipinski definition) is 2. The smallest absolute Gasteiger partial charge is 0.319 e. The quantitative estimate of drug-likeness (QED) is 0.687. The minimum atomic E-state index is -0.320. The van der Waals surface area contributed by atoms with E-state index in [2.05, 4.69) is 40.4 Å². The van der Waals surface area contributed by atoms with Crippen LogP contribution in [-0.4, -0.2) is 23.8 Å². The Labute approximate surface area is 129 Å². The highest BCUT2D eigenvalue weighted by molar-refractivity contribution is 9.10. The van der Waals surface area contributed by atoms with Crippen molar-refractivity contribution >= 4 is 27.6 Å². The maximum absolute atomic E-state index is 11.8. The highest BCUT2D eigenvalue weighted by Gasteiger charge is 2.10. The van der Waals surface area contributed by atoms with Crippen LogP contribution in [0, 0.1) is 0 Å². The molecule has 0 aliphatic carbocycles. The molecule has 5 heteroatoms. The van der Waals surface area contributed by atoms with Crippen LogP contribution in [0.15, 0.2) is 22.7 Å². The molecule has 2 amide bonds. The number of halogens is 1. The topological polar surface area (TPSA) is 61.4 Å². The summed E-state index contributed by atoms with van der Waals surface area (Å²) in [5, 5.41) is 14.8.